The first-order chi connectivity index (χ1) is 10.6. The van der Waals surface area contributed by atoms with E-state index >= 15 is 0 Å². The van der Waals surface area contributed by atoms with E-state index in [4.69, 9.17) is 10.5 Å². The highest BCUT2D eigenvalue weighted by molar-refractivity contribution is 5.82. The predicted octanol–water partition coefficient (Wildman–Crippen LogP) is -1.24. The Labute approximate surface area is 128 Å². The zero-order chi connectivity index (χ0) is 15.9. The minimum atomic E-state index is -0.604. The number of rotatable bonds is 5. The second kappa shape index (κ2) is 7.69. The average Bonchev–Trinajstić information content (AvgIpc) is 3.05. The first-order valence-corrected chi connectivity index (χ1v) is 7.30. The molecule has 0 saturated carbocycles. The lowest BCUT2D eigenvalue weighted by atomic mass is 10.1. The van der Waals surface area contributed by atoms with Gasteiger partial charge in [0.05, 0.1) is 12.6 Å². The second-order valence-electron chi connectivity index (χ2n) is 4.98. The highest BCUT2D eigenvalue weighted by atomic mass is 16.6. The van der Waals surface area contributed by atoms with E-state index in [9.17, 15) is 9.59 Å². The fraction of sp³-hybridized carbons (Fsp3) is 0.750. The number of ether oxygens (including phenoxy) is 1. The van der Waals surface area contributed by atoms with Crippen LogP contribution < -0.4 is 5.73 Å². The summed E-state index contributed by atoms with van der Waals surface area (Å²) in [6.07, 6.45) is 0.610. The lowest BCUT2D eigenvalue weighted by Gasteiger charge is -2.35. The Kier molecular flexibility index (Phi) is 5.64. The van der Waals surface area contributed by atoms with E-state index in [1.165, 1.54) is 0 Å². The molecule has 1 unspecified atom stereocenters. The summed E-state index contributed by atoms with van der Waals surface area (Å²) in [6, 6.07) is -0.604. The molecule has 22 heavy (non-hydrogen) atoms. The number of nitrogens with two attached hydrogens (primary N) is 1. The van der Waals surface area contributed by atoms with Gasteiger partial charge in [-0.1, -0.05) is 5.21 Å². The van der Waals surface area contributed by atoms with Crippen LogP contribution in [0.5, 0.6) is 0 Å². The first-order valence-electron chi connectivity index (χ1n) is 7.30. The van der Waals surface area contributed by atoms with E-state index in [-0.39, 0.29) is 12.0 Å². The van der Waals surface area contributed by atoms with Crippen LogP contribution in [0.1, 0.15) is 19.2 Å². The molecular formula is C12H21N7O3. The van der Waals surface area contributed by atoms with Crippen molar-refractivity contribution in [2.45, 2.75) is 25.8 Å². The van der Waals surface area contributed by atoms with Gasteiger partial charge in [0.25, 0.3) is 0 Å². The van der Waals surface area contributed by atoms with E-state index in [1.54, 1.807) is 16.7 Å². The number of carbonyl (C=O) groups excluding carboxylic acids is 2. The van der Waals surface area contributed by atoms with Crippen LogP contribution in [0.25, 0.3) is 0 Å². The van der Waals surface area contributed by atoms with Gasteiger partial charge in [-0.15, -0.1) is 10.2 Å². The summed E-state index contributed by atoms with van der Waals surface area (Å²) >= 11 is 0. The van der Waals surface area contributed by atoms with Gasteiger partial charge in [-0.05, 0) is 13.3 Å². The van der Waals surface area contributed by atoms with Crippen molar-refractivity contribution in [1.82, 2.24) is 30.4 Å². The Bertz CT molecular complexity index is 485. The summed E-state index contributed by atoms with van der Waals surface area (Å²) in [4.78, 5) is 27.1. The fourth-order valence-corrected chi connectivity index (χ4v) is 2.26. The number of aryl methyl sites for hydroxylation is 1. The number of tetrazole rings is 1. The number of amides is 2. The molecule has 0 bridgehead atoms. The fourth-order valence-electron chi connectivity index (χ4n) is 2.26. The van der Waals surface area contributed by atoms with Gasteiger partial charge in [0.15, 0.2) is 5.82 Å². The van der Waals surface area contributed by atoms with E-state index < -0.39 is 6.04 Å². The maximum Gasteiger partial charge on any atom is 0.409 e. The highest BCUT2D eigenvalue weighted by Gasteiger charge is 2.27. The number of nitrogens with zero attached hydrogens (tertiary/aromatic N) is 5. The molecule has 2 rings (SSSR count). The third-order valence-corrected chi connectivity index (χ3v) is 3.50. The standard InChI is InChI=1S/C12H21N7O3/c1-2-22-12(21)19-7-5-18(6-8-19)11(20)9(13)3-4-10-14-16-17-15-10/h9H,2-8,13H2,1H3,(H,14,15,16,17). The molecule has 1 aromatic heterocycles. The number of hydrogen-bond acceptors (Lipinski definition) is 7. The van der Waals surface area contributed by atoms with Gasteiger partial charge in [0, 0.05) is 32.6 Å². The molecule has 1 fully saturated rings. The number of piperazine rings is 1. The van der Waals surface area contributed by atoms with Crippen molar-refractivity contribution in [2.24, 2.45) is 5.73 Å². The maximum atomic E-state index is 12.3. The molecule has 1 aromatic rings. The monoisotopic (exact) mass is 311 g/mol. The average molecular weight is 311 g/mol. The Morgan fingerprint density at radius 2 is 2.00 bits per heavy atom. The summed E-state index contributed by atoms with van der Waals surface area (Å²) in [7, 11) is 0. The molecule has 10 heteroatoms. The Morgan fingerprint density at radius 3 is 2.59 bits per heavy atom. The summed E-state index contributed by atoms with van der Waals surface area (Å²) in [5, 5.41) is 13.5. The Hall–Kier alpha value is -2.23. The van der Waals surface area contributed by atoms with Crippen molar-refractivity contribution in [3.8, 4) is 0 Å². The van der Waals surface area contributed by atoms with Gasteiger partial charge in [-0.3, -0.25) is 4.79 Å². The number of nitrogens with one attached hydrogen (secondary N) is 1. The highest BCUT2D eigenvalue weighted by Crippen LogP contribution is 2.07. The van der Waals surface area contributed by atoms with Crippen LogP contribution in [0.15, 0.2) is 0 Å². The SMILES string of the molecule is CCOC(=O)N1CCN(C(=O)C(N)CCc2nn[nH]n2)CC1. The van der Waals surface area contributed by atoms with E-state index in [0.29, 0.717) is 51.5 Å². The summed E-state index contributed by atoms with van der Waals surface area (Å²) in [5.74, 6) is 0.419. The van der Waals surface area contributed by atoms with Gasteiger partial charge in [0.1, 0.15) is 0 Å². The first kappa shape index (κ1) is 16.1. The van der Waals surface area contributed by atoms with Crippen molar-refractivity contribution in [2.75, 3.05) is 32.8 Å². The lowest BCUT2D eigenvalue weighted by Crippen LogP contribution is -2.54. The van der Waals surface area contributed by atoms with Crippen molar-refractivity contribution in [1.29, 1.82) is 0 Å². The van der Waals surface area contributed by atoms with Gasteiger partial charge < -0.3 is 20.3 Å². The third-order valence-electron chi connectivity index (χ3n) is 3.50. The zero-order valence-electron chi connectivity index (χ0n) is 12.6. The molecule has 1 aliphatic heterocycles. The van der Waals surface area contributed by atoms with Crippen LogP contribution >= 0.6 is 0 Å². The molecule has 1 saturated heterocycles. The van der Waals surface area contributed by atoms with Crippen LogP contribution in [-0.4, -0.2) is 81.3 Å². The maximum absolute atomic E-state index is 12.3. The molecule has 0 radical (unpaired) electrons. The van der Waals surface area contributed by atoms with E-state index in [2.05, 4.69) is 20.6 Å². The number of aromatic amines is 1. The van der Waals surface area contributed by atoms with Crippen LogP contribution in [0.2, 0.25) is 0 Å². The lowest BCUT2D eigenvalue weighted by molar-refractivity contribution is -0.134. The van der Waals surface area contributed by atoms with Crippen molar-refractivity contribution >= 4 is 12.0 Å². The van der Waals surface area contributed by atoms with Crippen LogP contribution in [0, 0.1) is 0 Å². The van der Waals surface area contributed by atoms with Gasteiger partial charge >= 0.3 is 6.09 Å². The molecule has 122 valence electrons. The zero-order valence-corrected chi connectivity index (χ0v) is 12.6. The van der Waals surface area contributed by atoms with E-state index in [0.717, 1.165) is 0 Å². The molecular weight excluding hydrogens is 290 g/mol. The van der Waals surface area contributed by atoms with Crippen LogP contribution in [-0.2, 0) is 16.0 Å². The Balaban J connectivity index is 1.75. The largest absolute Gasteiger partial charge is 0.450 e. The minimum Gasteiger partial charge on any atom is -0.450 e. The quantitative estimate of drug-likeness (QED) is 0.695. The Morgan fingerprint density at radius 1 is 1.32 bits per heavy atom. The molecule has 1 aliphatic rings. The number of hydrogen-bond donors (Lipinski definition) is 2. The summed E-state index contributed by atoms with van der Waals surface area (Å²) in [5.41, 5.74) is 5.92. The topological polar surface area (TPSA) is 130 Å². The van der Waals surface area contributed by atoms with Gasteiger partial charge in [0.2, 0.25) is 5.91 Å². The van der Waals surface area contributed by atoms with Gasteiger partial charge in [-0.25, -0.2) is 4.79 Å². The molecule has 0 aliphatic carbocycles. The van der Waals surface area contributed by atoms with Gasteiger partial charge in [-0.2, -0.15) is 5.21 Å². The second-order valence-corrected chi connectivity index (χ2v) is 4.98. The predicted molar refractivity (Wildman–Crippen MR) is 75.6 cm³/mol. The molecule has 1 atom stereocenters. The van der Waals surface area contributed by atoms with Crippen LogP contribution in [0.3, 0.4) is 0 Å². The normalized spacial score (nSPS) is 16.5. The minimum absolute atomic E-state index is 0.119. The number of aromatic nitrogens is 4. The molecule has 2 amide bonds. The smallest absolute Gasteiger partial charge is 0.409 e. The molecule has 3 N–H and O–H groups in total. The molecule has 10 nitrogen and oxygen atoms in total. The van der Waals surface area contributed by atoms with Crippen molar-refractivity contribution in [3.05, 3.63) is 5.82 Å². The molecule has 0 spiro atoms. The molecule has 0 aromatic carbocycles. The van der Waals surface area contributed by atoms with Crippen LogP contribution in [0.4, 0.5) is 4.79 Å². The summed E-state index contributed by atoms with van der Waals surface area (Å²) < 4.78 is 4.94. The van der Waals surface area contributed by atoms with Crippen molar-refractivity contribution in [3.63, 3.8) is 0 Å². The molecule has 2 heterocycles. The third kappa shape index (κ3) is 4.13. The van der Waals surface area contributed by atoms with E-state index in [1.807, 2.05) is 0 Å². The number of H-pyrrole nitrogens is 1. The van der Waals surface area contributed by atoms with Crippen molar-refractivity contribution < 1.29 is 14.3 Å². The number of carbonyl (C=O) groups is 2. The summed E-state index contributed by atoms with van der Waals surface area (Å²) in [6.45, 7) is 3.96.